The van der Waals surface area contributed by atoms with Gasteiger partial charge in [-0.3, -0.25) is 4.79 Å². The summed E-state index contributed by atoms with van der Waals surface area (Å²) in [6.45, 7) is 0.557. The number of hydrogen-bond donors (Lipinski definition) is 4. The average molecular weight is 326 g/mol. The van der Waals surface area contributed by atoms with Crippen molar-refractivity contribution in [3.05, 3.63) is 65.4 Å². The lowest BCUT2D eigenvalue weighted by Crippen LogP contribution is -2.29. The molecule has 0 saturated heterocycles. The quantitative estimate of drug-likeness (QED) is 0.357. The van der Waals surface area contributed by atoms with Crippen molar-refractivity contribution in [2.75, 3.05) is 6.54 Å². The molecule has 0 aliphatic carbocycles. The molecule has 2 rings (SSSR count). The second-order valence-corrected chi connectivity index (χ2v) is 5.55. The number of aromatic hydroxyl groups is 2. The molecule has 126 valence electrons. The molecule has 0 aliphatic heterocycles. The summed E-state index contributed by atoms with van der Waals surface area (Å²) < 4.78 is 0. The molecule has 0 spiro atoms. The molecule has 0 radical (unpaired) electrons. The largest absolute Gasteiger partial charge is 0.504 e. The number of nitrogens with two attached hydrogens (primary N) is 1. The van der Waals surface area contributed by atoms with Crippen molar-refractivity contribution in [2.45, 2.75) is 19.3 Å². The first-order valence-electron chi connectivity index (χ1n) is 7.87. The second-order valence-electron chi connectivity index (χ2n) is 5.55. The maximum atomic E-state index is 11.9. The Morgan fingerprint density at radius 3 is 2.50 bits per heavy atom. The van der Waals surface area contributed by atoms with Crippen LogP contribution in [0.4, 0.5) is 0 Å². The number of rotatable bonds is 7. The van der Waals surface area contributed by atoms with Gasteiger partial charge in [-0.25, -0.2) is 0 Å². The Balaban J connectivity index is 1.75. The van der Waals surface area contributed by atoms with Gasteiger partial charge in [-0.2, -0.15) is 0 Å². The third kappa shape index (κ3) is 5.35. The van der Waals surface area contributed by atoms with Crippen LogP contribution in [0.2, 0.25) is 0 Å². The van der Waals surface area contributed by atoms with Crippen molar-refractivity contribution >= 4 is 12.0 Å². The minimum Gasteiger partial charge on any atom is -0.504 e. The fourth-order valence-corrected chi connectivity index (χ4v) is 2.28. The molecule has 0 aromatic heterocycles. The predicted octanol–water partition coefficient (Wildman–Crippen LogP) is 2.54. The van der Waals surface area contributed by atoms with E-state index >= 15 is 0 Å². The molecule has 2 aromatic rings. The Bertz CT molecular complexity index is 712. The van der Waals surface area contributed by atoms with Gasteiger partial charge in [0.1, 0.15) is 0 Å². The summed E-state index contributed by atoms with van der Waals surface area (Å²) in [5, 5.41) is 21.5. The number of nitrogens with one attached hydrogen (secondary N) is 1. The highest BCUT2D eigenvalue weighted by atomic mass is 16.3. The Morgan fingerprint density at radius 2 is 1.79 bits per heavy atom. The molecule has 0 atom stereocenters. The Kier molecular flexibility index (Phi) is 6.25. The number of carbonyl (C=O) groups excluding carboxylic acids is 1. The summed E-state index contributed by atoms with van der Waals surface area (Å²) in [6, 6.07) is 14.5. The van der Waals surface area contributed by atoms with E-state index in [0.717, 1.165) is 19.3 Å². The highest BCUT2D eigenvalue weighted by Crippen LogP contribution is 2.25. The molecule has 24 heavy (non-hydrogen) atoms. The van der Waals surface area contributed by atoms with Gasteiger partial charge in [0.25, 0.3) is 5.91 Å². The number of hydrogen-bond acceptors (Lipinski definition) is 4. The lowest BCUT2D eigenvalue weighted by atomic mass is 10.1. The summed E-state index contributed by atoms with van der Waals surface area (Å²) in [5.41, 5.74) is 7.64. The van der Waals surface area contributed by atoms with E-state index in [1.165, 1.54) is 23.8 Å². The first-order valence-corrected chi connectivity index (χ1v) is 7.87. The number of carbonyl (C=O) groups is 1. The number of benzene rings is 2. The van der Waals surface area contributed by atoms with E-state index in [-0.39, 0.29) is 23.1 Å². The number of unbranched alkanes of at least 4 members (excludes halogenated alkanes) is 1. The van der Waals surface area contributed by atoms with Crippen molar-refractivity contribution < 1.29 is 15.0 Å². The van der Waals surface area contributed by atoms with Crippen molar-refractivity contribution in [1.82, 2.24) is 5.32 Å². The minimum absolute atomic E-state index is 0.0585. The summed E-state index contributed by atoms with van der Waals surface area (Å²) in [5.74, 6) is -0.811. The molecule has 2 aromatic carbocycles. The van der Waals surface area contributed by atoms with E-state index in [0.29, 0.717) is 12.1 Å². The molecule has 1 amide bonds. The van der Waals surface area contributed by atoms with E-state index < -0.39 is 0 Å². The number of aryl methyl sites for hydroxylation is 1. The molecule has 0 unspecified atom stereocenters. The SMILES string of the molecule is N/C(=C\c1ccc(O)c(O)c1)C(=O)NCCCCc1ccccc1. The molecule has 0 bridgehead atoms. The first kappa shape index (κ1) is 17.4. The van der Waals surface area contributed by atoms with Gasteiger partial charge < -0.3 is 21.3 Å². The lowest BCUT2D eigenvalue weighted by Gasteiger charge is -2.06. The van der Waals surface area contributed by atoms with Crippen LogP contribution in [0.5, 0.6) is 11.5 Å². The van der Waals surface area contributed by atoms with Gasteiger partial charge >= 0.3 is 0 Å². The van der Waals surface area contributed by atoms with Crippen LogP contribution in [0.15, 0.2) is 54.2 Å². The number of phenolic OH excluding ortho intramolecular Hbond substituents is 2. The van der Waals surface area contributed by atoms with Gasteiger partial charge in [0, 0.05) is 6.54 Å². The van der Waals surface area contributed by atoms with E-state index in [1.54, 1.807) is 6.07 Å². The molecule has 0 aliphatic rings. The van der Waals surface area contributed by atoms with Gasteiger partial charge in [-0.05, 0) is 48.6 Å². The Morgan fingerprint density at radius 1 is 1.04 bits per heavy atom. The smallest absolute Gasteiger partial charge is 0.267 e. The van der Waals surface area contributed by atoms with Crippen LogP contribution in [0.1, 0.15) is 24.0 Å². The van der Waals surface area contributed by atoms with Crippen LogP contribution in [-0.4, -0.2) is 22.7 Å². The predicted molar refractivity (Wildman–Crippen MR) is 94.3 cm³/mol. The second kappa shape index (κ2) is 8.62. The molecule has 0 fully saturated rings. The molecule has 5 heteroatoms. The zero-order valence-corrected chi connectivity index (χ0v) is 13.4. The first-order chi connectivity index (χ1) is 11.6. The number of phenols is 2. The van der Waals surface area contributed by atoms with E-state index in [1.807, 2.05) is 18.2 Å². The van der Waals surface area contributed by atoms with E-state index in [2.05, 4.69) is 17.4 Å². The molecule has 5 N–H and O–H groups in total. The van der Waals surface area contributed by atoms with Crippen LogP contribution in [0.25, 0.3) is 6.08 Å². The molecular formula is C19H22N2O3. The monoisotopic (exact) mass is 326 g/mol. The standard InChI is InChI=1S/C19H22N2O3/c20-16(12-15-9-10-17(22)18(23)13-15)19(24)21-11-5-4-8-14-6-2-1-3-7-14/h1-3,6-7,9-10,12-13,22-23H,4-5,8,11,20H2,(H,21,24)/b16-12-. The third-order valence-corrected chi connectivity index (χ3v) is 3.60. The fraction of sp³-hybridized carbons (Fsp3) is 0.211. The normalized spacial score (nSPS) is 11.2. The lowest BCUT2D eigenvalue weighted by molar-refractivity contribution is -0.117. The van der Waals surface area contributed by atoms with Crippen LogP contribution < -0.4 is 11.1 Å². The molecule has 0 saturated carbocycles. The van der Waals surface area contributed by atoms with Crippen molar-refractivity contribution in [3.63, 3.8) is 0 Å². The maximum absolute atomic E-state index is 11.9. The highest BCUT2D eigenvalue weighted by Gasteiger charge is 2.06. The number of amides is 1. The Hall–Kier alpha value is -2.95. The zero-order chi connectivity index (χ0) is 17.4. The summed E-state index contributed by atoms with van der Waals surface area (Å²) in [6.07, 6.45) is 4.29. The topological polar surface area (TPSA) is 95.6 Å². The van der Waals surface area contributed by atoms with Gasteiger partial charge in [0.2, 0.25) is 0 Å². The van der Waals surface area contributed by atoms with Gasteiger partial charge in [-0.1, -0.05) is 36.4 Å². The van der Waals surface area contributed by atoms with E-state index in [4.69, 9.17) is 5.73 Å². The van der Waals surface area contributed by atoms with Gasteiger partial charge in [0.05, 0.1) is 5.70 Å². The molecular weight excluding hydrogens is 304 g/mol. The van der Waals surface area contributed by atoms with Crippen molar-refractivity contribution in [1.29, 1.82) is 0 Å². The summed E-state index contributed by atoms with van der Waals surface area (Å²) in [4.78, 5) is 11.9. The third-order valence-electron chi connectivity index (χ3n) is 3.60. The van der Waals surface area contributed by atoms with Gasteiger partial charge in [0.15, 0.2) is 11.5 Å². The van der Waals surface area contributed by atoms with Crippen LogP contribution in [0, 0.1) is 0 Å². The maximum Gasteiger partial charge on any atom is 0.267 e. The molecule has 5 nitrogen and oxygen atoms in total. The summed E-state index contributed by atoms with van der Waals surface area (Å²) >= 11 is 0. The van der Waals surface area contributed by atoms with Crippen LogP contribution in [0.3, 0.4) is 0 Å². The minimum atomic E-state index is -0.345. The van der Waals surface area contributed by atoms with E-state index in [9.17, 15) is 15.0 Å². The average Bonchev–Trinajstić information content (AvgIpc) is 2.58. The fourth-order valence-electron chi connectivity index (χ4n) is 2.28. The summed E-state index contributed by atoms with van der Waals surface area (Å²) in [7, 11) is 0. The van der Waals surface area contributed by atoms with Crippen LogP contribution >= 0.6 is 0 Å². The van der Waals surface area contributed by atoms with Gasteiger partial charge in [-0.15, -0.1) is 0 Å². The molecule has 0 heterocycles. The van der Waals surface area contributed by atoms with Crippen LogP contribution in [-0.2, 0) is 11.2 Å². The Labute approximate surface area is 141 Å². The highest BCUT2D eigenvalue weighted by molar-refractivity contribution is 5.96. The van der Waals surface area contributed by atoms with Crippen molar-refractivity contribution in [2.24, 2.45) is 5.73 Å². The van der Waals surface area contributed by atoms with Crippen molar-refractivity contribution in [3.8, 4) is 11.5 Å². The zero-order valence-electron chi connectivity index (χ0n) is 13.4.